The van der Waals surface area contributed by atoms with E-state index < -0.39 is 0 Å². The van der Waals surface area contributed by atoms with Crippen LogP contribution in [0.5, 0.6) is 0 Å². The summed E-state index contributed by atoms with van der Waals surface area (Å²) >= 11 is 0. The van der Waals surface area contributed by atoms with Crippen LogP contribution in [0.4, 0.5) is 5.82 Å². The molecule has 0 radical (unpaired) electrons. The van der Waals surface area contributed by atoms with Crippen LogP contribution in [0.3, 0.4) is 0 Å². The fraction of sp³-hybridized carbons (Fsp3) is 0.292. The summed E-state index contributed by atoms with van der Waals surface area (Å²) in [5, 5.41) is 0. The van der Waals surface area contributed by atoms with Crippen molar-refractivity contribution in [2.45, 2.75) is 20.3 Å². The number of hydrogen-bond acceptors (Lipinski definition) is 4. The van der Waals surface area contributed by atoms with Crippen LogP contribution in [0, 0.1) is 13.8 Å². The van der Waals surface area contributed by atoms with Crippen molar-refractivity contribution < 1.29 is 4.79 Å². The average molecular weight is 386 g/mol. The number of benzene rings is 2. The van der Waals surface area contributed by atoms with E-state index in [2.05, 4.69) is 51.3 Å². The van der Waals surface area contributed by atoms with Crippen LogP contribution >= 0.6 is 0 Å². The minimum absolute atomic E-state index is 0.187. The summed E-state index contributed by atoms with van der Waals surface area (Å²) in [5.41, 5.74) is 4.40. The van der Waals surface area contributed by atoms with Gasteiger partial charge in [0.1, 0.15) is 11.6 Å². The third kappa shape index (κ3) is 4.62. The van der Waals surface area contributed by atoms with Gasteiger partial charge in [-0.05, 0) is 30.5 Å². The average Bonchev–Trinajstić information content (AvgIpc) is 2.74. The van der Waals surface area contributed by atoms with Crippen LogP contribution < -0.4 is 4.90 Å². The van der Waals surface area contributed by atoms with E-state index in [0.29, 0.717) is 6.42 Å². The van der Waals surface area contributed by atoms with Crippen LogP contribution in [0.1, 0.15) is 17.1 Å². The van der Waals surface area contributed by atoms with Crippen molar-refractivity contribution in [1.29, 1.82) is 0 Å². The Labute approximate surface area is 172 Å². The molecule has 0 bridgehead atoms. The van der Waals surface area contributed by atoms with Gasteiger partial charge in [0.05, 0.1) is 6.42 Å². The highest BCUT2D eigenvalue weighted by Gasteiger charge is 2.22. The Morgan fingerprint density at radius 3 is 2.17 bits per heavy atom. The zero-order valence-electron chi connectivity index (χ0n) is 17.0. The topological polar surface area (TPSA) is 49.3 Å². The van der Waals surface area contributed by atoms with Crippen molar-refractivity contribution in [1.82, 2.24) is 14.9 Å². The molecule has 3 aromatic rings. The Hall–Kier alpha value is -3.21. The van der Waals surface area contributed by atoms with Crippen LogP contribution in [-0.2, 0) is 11.2 Å². The molecule has 5 nitrogen and oxygen atoms in total. The Bertz CT molecular complexity index is 957. The lowest BCUT2D eigenvalue weighted by molar-refractivity contribution is -0.130. The van der Waals surface area contributed by atoms with E-state index in [1.165, 1.54) is 11.1 Å². The summed E-state index contributed by atoms with van der Waals surface area (Å²) in [6, 6.07) is 20.6. The standard InChI is InChI=1S/C24H26N4O/c1-18-16-23(26-19(2)25-18)27-12-14-28(15-13-27)24(29)17-20-8-10-22(11-9-20)21-6-4-3-5-7-21/h3-11,16H,12-15,17H2,1-2H3. The molecule has 1 aromatic heterocycles. The first kappa shape index (κ1) is 19.1. The molecular formula is C24H26N4O. The van der Waals surface area contributed by atoms with Gasteiger partial charge >= 0.3 is 0 Å². The largest absolute Gasteiger partial charge is 0.353 e. The number of amides is 1. The molecular weight excluding hydrogens is 360 g/mol. The van der Waals surface area contributed by atoms with Crippen molar-refractivity contribution in [3.8, 4) is 11.1 Å². The summed E-state index contributed by atoms with van der Waals surface area (Å²) in [5.74, 6) is 1.93. The highest BCUT2D eigenvalue weighted by molar-refractivity contribution is 5.79. The lowest BCUT2D eigenvalue weighted by Crippen LogP contribution is -2.49. The number of carbonyl (C=O) groups is 1. The minimum Gasteiger partial charge on any atom is -0.353 e. The summed E-state index contributed by atoms with van der Waals surface area (Å²) in [4.78, 5) is 25.8. The van der Waals surface area contributed by atoms with Gasteiger partial charge in [0.2, 0.25) is 5.91 Å². The predicted molar refractivity (Wildman–Crippen MR) is 116 cm³/mol. The van der Waals surface area contributed by atoms with Gasteiger partial charge in [0, 0.05) is 37.9 Å². The van der Waals surface area contributed by atoms with Crippen LogP contribution in [0.2, 0.25) is 0 Å². The molecule has 148 valence electrons. The number of piperazine rings is 1. The molecule has 0 spiro atoms. The number of anilines is 1. The monoisotopic (exact) mass is 386 g/mol. The molecule has 5 heteroatoms. The van der Waals surface area contributed by atoms with E-state index >= 15 is 0 Å². The Morgan fingerprint density at radius 1 is 0.862 bits per heavy atom. The number of hydrogen-bond donors (Lipinski definition) is 0. The van der Waals surface area contributed by atoms with Gasteiger partial charge in [0.25, 0.3) is 0 Å². The van der Waals surface area contributed by atoms with Gasteiger partial charge in [-0.3, -0.25) is 4.79 Å². The second-order valence-corrected chi connectivity index (χ2v) is 7.52. The second-order valence-electron chi connectivity index (χ2n) is 7.52. The first-order chi connectivity index (χ1) is 14.1. The van der Waals surface area contributed by atoms with Gasteiger partial charge in [0.15, 0.2) is 0 Å². The van der Waals surface area contributed by atoms with Gasteiger partial charge in [-0.1, -0.05) is 54.6 Å². The van der Waals surface area contributed by atoms with E-state index in [4.69, 9.17) is 0 Å². The molecule has 1 saturated heterocycles. The minimum atomic E-state index is 0.187. The fourth-order valence-electron chi connectivity index (χ4n) is 3.78. The Kier molecular flexibility index (Phi) is 5.56. The van der Waals surface area contributed by atoms with E-state index in [-0.39, 0.29) is 5.91 Å². The van der Waals surface area contributed by atoms with E-state index in [1.807, 2.05) is 43.0 Å². The Morgan fingerprint density at radius 2 is 1.52 bits per heavy atom. The maximum Gasteiger partial charge on any atom is 0.227 e. The highest BCUT2D eigenvalue weighted by atomic mass is 16.2. The number of rotatable bonds is 4. The number of carbonyl (C=O) groups excluding carboxylic acids is 1. The third-order valence-corrected chi connectivity index (χ3v) is 5.33. The fourth-order valence-corrected chi connectivity index (χ4v) is 3.78. The normalized spacial score (nSPS) is 14.1. The molecule has 0 N–H and O–H groups in total. The second kappa shape index (κ2) is 8.43. The number of aryl methyl sites for hydroxylation is 2. The Balaban J connectivity index is 1.34. The summed E-state index contributed by atoms with van der Waals surface area (Å²) in [6.07, 6.45) is 0.445. The molecule has 1 fully saturated rings. The summed E-state index contributed by atoms with van der Waals surface area (Å²) in [7, 11) is 0. The number of aromatic nitrogens is 2. The van der Waals surface area contributed by atoms with Crippen molar-refractivity contribution in [3.63, 3.8) is 0 Å². The van der Waals surface area contributed by atoms with E-state index in [1.54, 1.807) is 0 Å². The van der Waals surface area contributed by atoms with E-state index in [9.17, 15) is 4.79 Å². The zero-order valence-corrected chi connectivity index (χ0v) is 17.0. The molecule has 1 aliphatic rings. The van der Waals surface area contributed by atoms with Crippen LogP contribution in [0.15, 0.2) is 60.7 Å². The SMILES string of the molecule is Cc1cc(N2CCN(C(=O)Cc3ccc(-c4ccccc4)cc3)CC2)nc(C)n1. The first-order valence-electron chi connectivity index (χ1n) is 10.1. The van der Waals surface area contributed by atoms with Crippen molar-refractivity contribution in [2.24, 2.45) is 0 Å². The van der Waals surface area contributed by atoms with E-state index in [0.717, 1.165) is 49.1 Å². The quantitative estimate of drug-likeness (QED) is 0.687. The molecule has 2 heterocycles. The third-order valence-electron chi connectivity index (χ3n) is 5.33. The smallest absolute Gasteiger partial charge is 0.227 e. The van der Waals surface area contributed by atoms with Crippen LogP contribution in [0.25, 0.3) is 11.1 Å². The van der Waals surface area contributed by atoms with Gasteiger partial charge < -0.3 is 9.80 Å². The number of nitrogens with zero attached hydrogens (tertiary/aromatic N) is 4. The van der Waals surface area contributed by atoms with Gasteiger partial charge in [-0.15, -0.1) is 0 Å². The maximum atomic E-state index is 12.8. The van der Waals surface area contributed by atoms with Gasteiger partial charge in [-0.2, -0.15) is 0 Å². The molecule has 0 atom stereocenters. The summed E-state index contributed by atoms with van der Waals surface area (Å²) < 4.78 is 0. The lowest BCUT2D eigenvalue weighted by Gasteiger charge is -2.35. The maximum absolute atomic E-state index is 12.8. The van der Waals surface area contributed by atoms with Crippen molar-refractivity contribution in [3.05, 3.63) is 77.7 Å². The molecule has 2 aromatic carbocycles. The van der Waals surface area contributed by atoms with Crippen molar-refractivity contribution in [2.75, 3.05) is 31.1 Å². The molecule has 0 aliphatic carbocycles. The van der Waals surface area contributed by atoms with Crippen LogP contribution in [-0.4, -0.2) is 47.0 Å². The van der Waals surface area contributed by atoms with Gasteiger partial charge in [-0.25, -0.2) is 9.97 Å². The molecule has 29 heavy (non-hydrogen) atoms. The molecule has 4 rings (SSSR count). The molecule has 1 aliphatic heterocycles. The zero-order chi connectivity index (χ0) is 20.2. The first-order valence-corrected chi connectivity index (χ1v) is 10.1. The highest BCUT2D eigenvalue weighted by Crippen LogP contribution is 2.20. The summed E-state index contributed by atoms with van der Waals surface area (Å²) in [6.45, 7) is 6.95. The predicted octanol–water partition coefficient (Wildman–Crippen LogP) is 3.65. The molecule has 0 unspecified atom stereocenters. The van der Waals surface area contributed by atoms with Crippen molar-refractivity contribution >= 4 is 11.7 Å². The lowest BCUT2D eigenvalue weighted by atomic mass is 10.0. The molecule has 1 amide bonds. The molecule has 0 saturated carbocycles.